The van der Waals surface area contributed by atoms with Gasteiger partial charge in [0.05, 0.1) is 16.6 Å². The third-order valence-corrected chi connectivity index (χ3v) is 4.23. The van der Waals surface area contributed by atoms with Crippen LogP contribution in [0.1, 0.15) is 35.9 Å². The molecule has 1 aliphatic heterocycles. The molecule has 21 heavy (non-hydrogen) atoms. The first-order chi connectivity index (χ1) is 10.2. The van der Waals surface area contributed by atoms with E-state index in [0.29, 0.717) is 5.56 Å². The molecule has 0 spiro atoms. The number of nitrogens with zero attached hydrogens (tertiary/aromatic N) is 3. The molecule has 1 N–H and O–H groups in total. The number of carboxylic acid groups (broad SMARTS) is 1. The topological polar surface area (TPSA) is 58.4 Å². The molecular formula is C16H21N3O2. The summed E-state index contributed by atoms with van der Waals surface area (Å²) in [5, 5.41) is 9.16. The first kappa shape index (κ1) is 14.1. The van der Waals surface area contributed by atoms with E-state index in [9.17, 15) is 4.79 Å². The highest BCUT2D eigenvalue weighted by atomic mass is 16.4. The number of imidazole rings is 1. The molecule has 112 valence electrons. The molecule has 0 atom stereocenters. The van der Waals surface area contributed by atoms with E-state index in [1.54, 1.807) is 12.1 Å². The Morgan fingerprint density at radius 2 is 2.05 bits per heavy atom. The van der Waals surface area contributed by atoms with Gasteiger partial charge in [-0.1, -0.05) is 6.92 Å². The molecule has 1 aromatic carbocycles. The molecule has 3 rings (SSSR count). The summed E-state index contributed by atoms with van der Waals surface area (Å²) in [6.07, 6.45) is 3.43. The molecule has 1 aromatic heterocycles. The number of hydrogen-bond acceptors (Lipinski definition) is 3. The van der Waals surface area contributed by atoms with Crippen LogP contribution in [0.2, 0.25) is 0 Å². The maximum Gasteiger partial charge on any atom is 0.335 e. The second-order valence-corrected chi connectivity index (χ2v) is 5.59. The third-order valence-electron chi connectivity index (χ3n) is 4.23. The molecule has 1 fully saturated rings. The van der Waals surface area contributed by atoms with Crippen molar-refractivity contribution in [2.24, 2.45) is 0 Å². The number of aryl methyl sites for hydroxylation is 1. The van der Waals surface area contributed by atoms with Crippen molar-refractivity contribution < 1.29 is 9.90 Å². The smallest absolute Gasteiger partial charge is 0.335 e. The maximum atomic E-state index is 11.2. The van der Waals surface area contributed by atoms with Gasteiger partial charge in [-0.05, 0) is 44.1 Å². The number of aromatic nitrogens is 2. The molecule has 0 saturated carbocycles. The van der Waals surface area contributed by atoms with Crippen LogP contribution in [0.4, 0.5) is 0 Å². The summed E-state index contributed by atoms with van der Waals surface area (Å²) in [6.45, 7) is 6.33. The lowest BCUT2D eigenvalue weighted by atomic mass is 10.2. The van der Waals surface area contributed by atoms with Crippen molar-refractivity contribution in [3.05, 3.63) is 29.6 Å². The van der Waals surface area contributed by atoms with Gasteiger partial charge < -0.3 is 14.6 Å². The van der Waals surface area contributed by atoms with Gasteiger partial charge in [0, 0.05) is 19.5 Å². The Hall–Kier alpha value is -1.88. The highest BCUT2D eigenvalue weighted by molar-refractivity contribution is 5.92. The van der Waals surface area contributed by atoms with Gasteiger partial charge >= 0.3 is 5.97 Å². The third kappa shape index (κ3) is 2.78. The van der Waals surface area contributed by atoms with Crippen LogP contribution in [-0.4, -0.2) is 45.2 Å². The predicted molar refractivity (Wildman–Crippen MR) is 81.7 cm³/mol. The zero-order chi connectivity index (χ0) is 14.8. The van der Waals surface area contributed by atoms with Crippen molar-refractivity contribution in [3.63, 3.8) is 0 Å². The minimum absolute atomic E-state index is 0.326. The molecule has 2 aromatic rings. The zero-order valence-electron chi connectivity index (χ0n) is 12.4. The quantitative estimate of drug-likeness (QED) is 0.917. The second kappa shape index (κ2) is 5.85. The Balaban J connectivity index is 1.92. The van der Waals surface area contributed by atoms with Crippen LogP contribution < -0.4 is 0 Å². The molecule has 1 aliphatic rings. The van der Waals surface area contributed by atoms with Crippen molar-refractivity contribution in [3.8, 4) is 0 Å². The summed E-state index contributed by atoms with van der Waals surface area (Å²) in [5.74, 6) is 0.147. The Morgan fingerprint density at radius 3 is 2.71 bits per heavy atom. The molecule has 5 nitrogen and oxygen atoms in total. The van der Waals surface area contributed by atoms with Gasteiger partial charge in [0.2, 0.25) is 0 Å². The average molecular weight is 287 g/mol. The Morgan fingerprint density at radius 1 is 1.29 bits per heavy atom. The molecule has 0 amide bonds. The van der Waals surface area contributed by atoms with Crippen LogP contribution in [0, 0.1) is 0 Å². The van der Waals surface area contributed by atoms with E-state index >= 15 is 0 Å². The van der Waals surface area contributed by atoms with Gasteiger partial charge in [-0.3, -0.25) is 0 Å². The van der Waals surface area contributed by atoms with Crippen molar-refractivity contribution in [2.75, 3.05) is 19.6 Å². The number of aromatic carboxylic acids is 1. The van der Waals surface area contributed by atoms with Gasteiger partial charge in [0.1, 0.15) is 5.82 Å². The summed E-state index contributed by atoms with van der Waals surface area (Å²) in [6, 6.07) is 5.18. The summed E-state index contributed by atoms with van der Waals surface area (Å²) >= 11 is 0. The molecule has 2 heterocycles. The standard InChI is InChI=1S/C16H21N3O2/c1-2-15-17-13-6-5-12(16(20)21)11-14(13)19(15)10-9-18-7-3-4-8-18/h5-6,11H,2-4,7-10H2,1H3,(H,20,21). The molecule has 1 saturated heterocycles. The van der Waals surface area contributed by atoms with E-state index in [1.165, 1.54) is 25.9 Å². The number of likely N-dealkylation sites (tertiary alicyclic amines) is 1. The number of rotatable bonds is 5. The van der Waals surface area contributed by atoms with E-state index in [2.05, 4.69) is 21.4 Å². The number of benzene rings is 1. The lowest BCUT2D eigenvalue weighted by Crippen LogP contribution is -2.24. The normalized spacial score (nSPS) is 15.9. The molecular weight excluding hydrogens is 266 g/mol. The predicted octanol–water partition coefficient (Wildman–Crippen LogP) is 2.39. The minimum Gasteiger partial charge on any atom is -0.478 e. The van der Waals surface area contributed by atoms with Gasteiger partial charge in [-0.25, -0.2) is 9.78 Å². The molecule has 0 aliphatic carbocycles. The highest BCUT2D eigenvalue weighted by Crippen LogP contribution is 2.19. The summed E-state index contributed by atoms with van der Waals surface area (Å²) < 4.78 is 2.18. The van der Waals surface area contributed by atoms with Gasteiger partial charge in [0.25, 0.3) is 0 Å². The van der Waals surface area contributed by atoms with Crippen molar-refractivity contribution in [1.29, 1.82) is 0 Å². The van der Waals surface area contributed by atoms with Crippen LogP contribution in [0.5, 0.6) is 0 Å². The van der Waals surface area contributed by atoms with Crippen LogP contribution >= 0.6 is 0 Å². The lowest BCUT2D eigenvalue weighted by Gasteiger charge is -2.16. The fraction of sp³-hybridized carbons (Fsp3) is 0.500. The van der Waals surface area contributed by atoms with E-state index in [0.717, 1.165) is 36.4 Å². The van der Waals surface area contributed by atoms with Crippen molar-refractivity contribution in [1.82, 2.24) is 14.5 Å². The first-order valence-electron chi connectivity index (χ1n) is 7.64. The van der Waals surface area contributed by atoms with E-state index < -0.39 is 5.97 Å². The second-order valence-electron chi connectivity index (χ2n) is 5.59. The minimum atomic E-state index is -0.887. The zero-order valence-corrected chi connectivity index (χ0v) is 12.4. The molecule has 0 unspecified atom stereocenters. The van der Waals surface area contributed by atoms with Gasteiger partial charge in [0.15, 0.2) is 0 Å². The van der Waals surface area contributed by atoms with Gasteiger partial charge in [-0.2, -0.15) is 0 Å². The Labute approximate surface area is 124 Å². The molecule has 0 bridgehead atoms. The monoisotopic (exact) mass is 287 g/mol. The number of carboxylic acids is 1. The summed E-state index contributed by atoms with van der Waals surface area (Å²) in [7, 11) is 0. The highest BCUT2D eigenvalue weighted by Gasteiger charge is 2.15. The van der Waals surface area contributed by atoms with E-state index in [4.69, 9.17) is 5.11 Å². The van der Waals surface area contributed by atoms with Crippen molar-refractivity contribution >= 4 is 17.0 Å². The Kier molecular flexibility index (Phi) is 3.92. The number of fused-ring (bicyclic) bond motifs is 1. The fourth-order valence-electron chi connectivity index (χ4n) is 3.07. The van der Waals surface area contributed by atoms with Crippen LogP contribution in [0.15, 0.2) is 18.2 Å². The van der Waals surface area contributed by atoms with Crippen LogP contribution in [0.25, 0.3) is 11.0 Å². The van der Waals surface area contributed by atoms with E-state index in [-0.39, 0.29) is 0 Å². The number of carbonyl (C=O) groups is 1. The molecule has 5 heteroatoms. The molecule has 0 radical (unpaired) electrons. The van der Waals surface area contributed by atoms with Gasteiger partial charge in [-0.15, -0.1) is 0 Å². The Bertz CT molecular complexity index is 657. The number of hydrogen-bond donors (Lipinski definition) is 1. The van der Waals surface area contributed by atoms with Crippen molar-refractivity contribution in [2.45, 2.75) is 32.7 Å². The SMILES string of the molecule is CCc1nc2ccc(C(=O)O)cc2n1CCN1CCCC1. The first-order valence-corrected chi connectivity index (χ1v) is 7.64. The fourth-order valence-corrected chi connectivity index (χ4v) is 3.07. The van der Waals surface area contributed by atoms with Crippen LogP contribution in [0.3, 0.4) is 0 Å². The summed E-state index contributed by atoms with van der Waals surface area (Å²) in [5.41, 5.74) is 2.15. The average Bonchev–Trinajstić information content (AvgIpc) is 3.11. The summed E-state index contributed by atoms with van der Waals surface area (Å²) in [4.78, 5) is 18.3. The van der Waals surface area contributed by atoms with Crippen LogP contribution in [-0.2, 0) is 13.0 Å². The largest absolute Gasteiger partial charge is 0.478 e. The van der Waals surface area contributed by atoms with E-state index in [1.807, 2.05) is 6.07 Å². The maximum absolute atomic E-state index is 11.2. The lowest BCUT2D eigenvalue weighted by molar-refractivity contribution is 0.0697.